The van der Waals surface area contributed by atoms with E-state index in [0.29, 0.717) is 24.6 Å². The molecular weight excluding hydrogens is 340 g/mol. The molecule has 4 rings (SSSR count). The molecule has 1 aliphatic rings. The molecular formula is C22H24N2O3. The predicted molar refractivity (Wildman–Crippen MR) is 105 cm³/mol. The Balaban J connectivity index is 1.39. The van der Waals surface area contributed by atoms with Crippen molar-refractivity contribution in [1.82, 2.24) is 4.90 Å². The van der Waals surface area contributed by atoms with E-state index in [1.165, 1.54) is 5.39 Å². The number of nitrogens with zero attached hydrogens (tertiary/aromatic N) is 1. The van der Waals surface area contributed by atoms with Crippen LogP contribution >= 0.6 is 0 Å². The fourth-order valence-electron chi connectivity index (χ4n) is 3.50. The minimum atomic E-state index is -0.0795. The third-order valence-corrected chi connectivity index (χ3v) is 5.31. The number of carbonyl (C=O) groups excluding carboxylic acids is 1. The highest BCUT2D eigenvalue weighted by atomic mass is 16.5. The van der Waals surface area contributed by atoms with E-state index in [1.54, 1.807) is 12.1 Å². The van der Waals surface area contributed by atoms with Gasteiger partial charge in [0.15, 0.2) is 5.76 Å². The SMILES string of the molecule is CC1(CN)CCN(C(=O)c2ccc(COc3ccc4ccccc4c3)o2)C1. The molecule has 3 aromatic rings. The molecule has 5 nitrogen and oxygen atoms in total. The summed E-state index contributed by atoms with van der Waals surface area (Å²) < 4.78 is 11.6. The van der Waals surface area contributed by atoms with E-state index in [9.17, 15) is 4.79 Å². The number of benzene rings is 2. The van der Waals surface area contributed by atoms with Crippen LogP contribution in [-0.4, -0.2) is 30.4 Å². The van der Waals surface area contributed by atoms with Gasteiger partial charge in [0.2, 0.25) is 0 Å². The van der Waals surface area contributed by atoms with Gasteiger partial charge in [0.25, 0.3) is 5.91 Å². The van der Waals surface area contributed by atoms with Crippen LogP contribution in [0.2, 0.25) is 0 Å². The Hall–Kier alpha value is -2.79. The summed E-state index contributed by atoms with van der Waals surface area (Å²) in [5.74, 6) is 1.68. The predicted octanol–water partition coefficient (Wildman–Crippen LogP) is 3.82. The van der Waals surface area contributed by atoms with Gasteiger partial charge in [-0.25, -0.2) is 0 Å². The summed E-state index contributed by atoms with van der Waals surface area (Å²) in [5, 5.41) is 2.30. The summed E-state index contributed by atoms with van der Waals surface area (Å²) in [6.45, 7) is 4.37. The fraction of sp³-hybridized carbons (Fsp3) is 0.318. The summed E-state index contributed by atoms with van der Waals surface area (Å²) in [7, 11) is 0. The average Bonchev–Trinajstić information content (AvgIpc) is 3.33. The van der Waals surface area contributed by atoms with Crippen molar-refractivity contribution in [2.75, 3.05) is 19.6 Å². The Morgan fingerprint density at radius 2 is 2.00 bits per heavy atom. The lowest BCUT2D eigenvalue weighted by molar-refractivity contribution is 0.0741. The lowest BCUT2D eigenvalue weighted by Crippen LogP contribution is -2.34. The fourth-order valence-corrected chi connectivity index (χ4v) is 3.50. The molecule has 1 amide bonds. The van der Waals surface area contributed by atoms with Crippen molar-refractivity contribution < 1.29 is 13.9 Å². The molecule has 0 spiro atoms. The second-order valence-corrected chi connectivity index (χ2v) is 7.56. The summed E-state index contributed by atoms with van der Waals surface area (Å²) in [4.78, 5) is 14.5. The van der Waals surface area contributed by atoms with Crippen LogP contribution in [-0.2, 0) is 6.61 Å². The molecule has 140 valence electrons. The number of amides is 1. The molecule has 1 aromatic heterocycles. The minimum absolute atomic E-state index is 0.00424. The van der Waals surface area contributed by atoms with Crippen molar-refractivity contribution in [1.29, 1.82) is 0 Å². The number of hydrogen-bond donors (Lipinski definition) is 1. The highest BCUT2D eigenvalue weighted by Crippen LogP contribution is 2.30. The van der Waals surface area contributed by atoms with Crippen LogP contribution < -0.4 is 10.5 Å². The monoisotopic (exact) mass is 364 g/mol. The van der Waals surface area contributed by atoms with Gasteiger partial charge in [0, 0.05) is 13.1 Å². The van der Waals surface area contributed by atoms with Crippen LogP contribution in [0, 0.1) is 5.41 Å². The third kappa shape index (κ3) is 3.69. The van der Waals surface area contributed by atoms with E-state index >= 15 is 0 Å². The maximum Gasteiger partial charge on any atom is 0.289 e. The molecule has 1 fully saturated rings. The zero-order chi connectivity index (χ0) is 18.9. The smallest absolute Gasteiger partial charge is 0.289 e. The number of furan rings is 1. The molecule has 1 unspecified atom stereocenters. The lowest BCUT2D eigenvalue weighted by Gasteiger charge is -2.21. The van der Waals surface area contributed by atoms with Gasteiger partial charge >= 0.3 is 0 Å². The van der Waals surface area contributed by atoms with Crippen LogP contribution in [0.3, 0.4) is 0 Å². The van der Waals surface area contributed by atoms with E-state index in [0.717, 1.165) is 24.1 Å². The first-order valence-electron chi connectivity index (χ1n) is 9.26. The van der Waals surface area contributed by atoms with E-state index in [2.05, 4.69) is 19.1 Å². The highest BCUT2D eigenvalue weighted by molar-refractivity contribution is 5.91. The van der Waals surface area contributed by atoms with Crippen LogP contribution in [0.15, 0.2) is 59.0 Å². The highest BCUT2D eigenvalue weighted by Gasteiger charge is 2.36. The molecule has 0 bridgehead atoms. The molecule has 2 aromatic carbocycles. The van der Waals surface area contributed by atoms with E-state index in [4.69, 9.17) is 14.9 Å². The van der Waals surface area contributed by atoms with E-state index in [1.807, 2.05) is 35.2 Å². The topological polar surface area (TPSA) is 68.7 Å². The van der Waals surface area contributed by atoms with Crippen molar-refractivity contribution in [3.63, 3.8) is 0 Å². The molecule has 0 radical (unpaired) electrons. The van der Waals surface area contributed by atoms with Crippen LogP contribution in [0.25, 0.3) is 10.8 Å². The van der Waals surface area contributed by atoms with Gasteiger partial charge in [-0.1, -0.05) is 37.3 Å². The first kappa shape index (κ1) is 17.6. The van der Waals surface area contributed by atoms with Gasteiger partial charge in [0.05, 0.1) is 0 Å². The quantitative estimate of drug-likeness (QED) is 0.747. The molecule has 27 heavy (non-hydrogen) atoms. The van der Waals surface area contributed by atoms with Crippen LogP contribution in [0.1, 0.15) is 29.7 Å². The Bertz CT molecular complexity index is 965. The molecule has 2 N–H and O–H groups in total. The van der Waals surface area contributed by atoms with Gasteiger partial charge in [-0.05, 0) is 53.4 Å². The second-order valence-electron chi connectivity index (χ2n) is 7.56. The molecule has 1 atom stereocenters. The van der Waals surface area contributed by atoms with E-state index in [-0.39, 0.29) is 17.9 Å². The van der Waals surface area contributed by atoms with Gasteiger partial charge in [-0.15, -0.1) is 0 Å². The van der Waals surface area contributed by atoms with Crippen molar-refractivity contribution in [3.8, 4) is 5.75 Å². The lowest BCUT2D eigenvalue weighted by atomic mass is 9.90. The summed E-state index contributed by atoms with van der Waals surface area (Å²) in [5.41, 5.74) is 5.83. The largest absolute Gasteiger partial charge is 0.486 e. The maximum absolute atomic E-state index is 12.6. The number of fused-ring (bicyclic) bond motifs is 1. The Kier molecular flexibility index (Phi) is 4.62. The Morgan fingerprint density at radius 3 is 2.78 bits per heavy atom. The second kappa shape index (κ2) is 7.08. The number of nitrogens with two attached hydrogens (primary N) is 1. The molecule has 0 saturated carbocycles. The van der Waals surface area contributed by atoms with E-state index < -0.39 is 0 Å². The zero-order valence-corrected chi connectivity index (χ0v) is 15.5. The number of rotatable bonds is 5. The summed E-state index contributed by atoms with van der Waals surface area (Å²) >= 11 is 0. The first-order valence-corrected chi connectivity index (χ1v) is 9.26. The van der Waals surface area contributed by atoms with Gasteiger partial charge < -0.3 is 19.8 Å². The molecule has 5 heteroatoms. The maximum atomic E-state index is 12.6. The number of ether oxygens (including phenoxy) is 1. The first-order chi connectivity index (χ1) is 13.1. The third-order valence-electron chi connectivity index (χ3n) is 5.31. The van der Waals surface area contributed by atoms with Crippen molar-refractivity contribution in [3.05, 3.63) is 66.1 Å². The summed E-state index contributed by atoms with van der Waals surface area (Å²) in [6.07, 6.45) is 0.924. The Labute approximate surface area is 158 Å². The molecule has 2 heterocycles. The van der Waals surface area contributed by atoms with Gasteiger partial charge in [-0.2, -0.15) is 0 Å². The van der Waals surface area contributed by atoms with Gasteiger partial charge in [-0.3, -0.25) is 4.79 Å². The number of carbonyl (C=O) groups is 1. The van der Waals surface area contributed by atoms with Crippen LogP contribution in [0.5, 0.6) is 5.75 Å². The van der Waals surface area contributed by atoms with Crippen molar-refractivity contribution in [2.24, 2.45) is 11.1 Å². The average molecular weight is 364 g/mol. The van der Waals surface area contributed by atoms with Crippen molar-refractivity contribution >= 4 is 16.7 Å². The molecule has 1 aliphatic heterocycles. The number of hydrogen-bond acceptors (Lipinski definition) is 4. The minimum Gasteiger partial charge on any atom is -0.486 e. The normalized spacial score (nSPS) is 19.6. The van der Waals surface area contributed by atoms with Crippen molar-refractivity contribution in [2.45, 2.75) is 20.0 Å². The number of likely N-dealkylation sites (tertiary alicyclic amines) is 1. The standard InChI is InChI=1S/C22H24N2O3/c1-22(14-23)10-11-24(15-22)21(25)20-9-8-19(27-20)13-26-18-7-6-16-4-2-3-5-17(16)12-18/h2-9,12H,10-11,13-15,23H2,1H3. The summed E-state index contributed by atoms with van der Waals surface area (Å²) in [6, 6.07) is 17.6. The van der Waals surface area contributed by atoms with Crippen LogP contribution in [0.4, 0.5) is 0 Å². The molecule has 1 saturated heterocycles. The molecule has 0 aliphatic carbocycles. The van der Waals surface area contributed by atoms with Gasteiger partial charge in [0.1, 0.15) is 18.1 Å². The Morgan fingerprint density at radius 1 is 1.19 bits per heavy atom. The zero-order valence-electron chi connectivity index (χ0n) is 15.5.